The summed E-state index contributed by atoms with van der Waals surface area (Å²) in [5.74, 6) is -1.34. The highest BCUT2D eigenvalue weighted by Gasteiger charge is 2.16. The van der Waals surface area contributed by atoms with Crippen molar-refractivity contribution in [1.29, 1.82) is 0 Å². The van der Waals surface area contributed by atoms with Crippen LogP contribution in [0.25, 0.3) is 11.0 Å². The molecule has 0 aliphatic carbocycles. The number of anilines is 1. The molecule has 23 heavy (non-hydrogen) atoms. The molecule has 0 spiro atoms. The number of benzene rings is 2. The molecule has 1 heterocycles. The Morgan fingerprint density at radius 1 is 0.957 bits per heavy atom. The number of carbonyl (C=O) groups excluding carboxylic acids is 2. The van der Waals surface area contributed by atoms with Crippen molar-refractivity contribution in [1.82, 2.24) is 0 Å². The molecule has 6 heteroatoms. The summed E-state index contributed by atoms with van der Waals surface area (Å²) in [7, 11) is 0. The fourth-order valence-corrected chi connectivity index (χ4v) is 2.22. The molecule has 6 nitrogen and oxygen atoms in total. The summed E-state index contributed by atoms with van der Waals surface area (Å²) in [6.45, 7) is 0. The predicted molar refractivity (Wildman–Crippen MR) is 85.4 cm³/mol. The summed E-state index contributed by atoms with van der Waals surface area (Å²) in [4.78, 5) is 35.7. The van der Waals surface area contributed by atoms with Gasteiger partial charge in [-0.2, -0.15) is 0 Å². The molecule has 1 aromatic heterocycles. The molecule has 0 fully saturated rings. The second-order valence-electron chi connectivity index (χ2n) is 4.85. The molecule has 0 bridgehead atoms. The van der Waals surface area contributed by atoms with E-state index >= 15 is 0 Å². The molecule has 3 rings (SSSR count). The quantitative estimate of drug-likeness (QED) is 0.723. The Hall–Kier alpha value is -3.41. The summed E-state index contributed by atoms with van der Waals surface area (Å²) >= 11 is 0. The molecule has 3 aromatic rings. The highest BCUT2D eigenvalue weighted by atomic mass is 16.4. The first-order valence-electron chi connectivity index (χ1n) is 6.79. The maximum Gasteiger partial charge on any atom is 0.349 e. The average Bonchev–Trinajstić information content (AvgIpc) is 2.54. The van der Waals surface area contributed by atoms with Crippen molar-refractivity contribution in [2.24, 2.45) is 5.73 Å². The van der Waals surface area contributed by atoms with Gasteiger partial charge in [-0.05, 0) is 24.3 Å². The van der Waals surface area contributed by atoms with Crippen LogP contribution in [0.4, 0.5) is 5.69 Å². The summed E-state index contributed by atoms with van der Waals surface area (Å²) in [5, 5.41) is 3.14. The van der Waals surface area contributed by atoms with E-state index in [1.54, 1.807) is 36.4 Å². The van der Waals surface area contributed by atoms with Crippen LogP contribution in [0, 0.1) is 0 Å². The lowest BCUT2D eigenvalue weighted by Gasteiger charge is -2.08. The van der Waals surface area contributed by atoms with Gasteiger partial charge in [0.05, 0.1) is 11.3 Å². The summed E-state index contributed by atoms with van der Waals surface area (Å²) in [6.07, 6.45) is 0. The van der Waals surface area contributed by atoms with Crippen molar-refractivity contribution >= 4 is 28.5 Å². The fourth-order valence-electron chi connectivity index (χ4n) is 2.22. The largest absolute Gasteiger partial charge is 0.422 e. The Morgan fingerprint density at radius 2 is 1.65 bits per heavy atom. The smallest absolute Gasteiger partial charge is 0.349 e. The van der Waals surface area contributed by atoms with E-state index in [2.05, 4.69) is 5.32 Å². The van der Waals surface area contributed by atoms with Crippen molar-refractivity contribution in [2.75, 3.05) is 5.32 Å². The maximum atomic E-state index is 12.3. The summed E-state index contributed by atoms with van der Waals surface area (Å²) in [5.41, 5.74) is 5.15. The van der Waals surface area contributed by atoms with Crippen LogP contribution < -0.4 is 16.7 Å². The first kappa shape index (κ1) is 14.5. The first-order valence-corrected chi connectivity index (χ1v) is 6.79. The number of carbonyl (C=O) groups is 2. The Kier molecular flexibility index (Phi) is 3.64. The second kappa shape index (κ2) is 5.76. The fraction of sp³-hybridized carbons (Fsp3) is 0. The van der Waals surface area contributed by atoms with Gasteiger partial charge in [0, 0.05) is 5.39 Å². The second-order valence-corrected chi connectivity index (χ2v) is 4.85. The minimum atomic E-state index is -0.752. The minimum absolute atomic E-state index is 0.150. The molecular weight excluding hydrogens is 296 g/mol. The molecule has 0 unspecified atom stereocenters. The molecule has 0 atom stereocenters. The van der Waals surface area contributed by atoms with Gasteiger partial charge in [-0.3, -0.25) is 9.59 Å². The lowest BCUT2D eigenvalue weighted by molar-refractivity contribution is 0.100. The number of nitrogens with two attached hydrogens (primary N) is 1. The van der Waals surface area contributed by atoms with Crippen molar-refractivity contribution in [3.63, 3.8) is 0 Å². The van der Waals surface area contributed by atoms with Crippen LogP contribution in [0.2, 0.25) is 0 Å². The van der Waals surface area contributed by atoms with Gasteiger partial charge in [0.1, 0.15) is 11.1 Å². The van der Waals surface area contributed by atoms with Crippen molar-refractivity contribution in [3.05, 3.63) is 76.1 Å². The van der Waals surface area contributed by atoms with E-state index in [1.807, 2.05) is 0 Å². The highest BCUT2D eigenvalue weighted by Crippen LogP contribution is 2.17. The minimum Gasteiger partial charge on any atom is -0.422 e. The zero-order valence-corrected chi connectivity index (χ0v) is 11.9. The van der Waals surface area contributed by atoms with Gasteiger partial charge in [-0.15, -0.1) is 0 Å². The number of hydrogen-bond acceptors (Lipinski definition) is 4. The normalized spacial score (nSPS) is 10.4. The zero-order valence-electron chi connectivity index (χ0n) is 11.9. The Balaban J connectivity index is 2.00. The lowest BCUT2D eigenvalue weighted by atomic mass is 10.1. The lowest BCUT2D eigenvalue weighted by Crippen LogP contribution is -2.22. The van der Waals surface area contributed by atoms with E-state index in [1.165, 1.54) is 18.2 Å². The number of para-hydroxylation sites is 2. The van der Waals surface area contributed by atoms with E-state index in [4.69, 9.17) is 10.2 Å². The van der Waals surface area contributed by atoms with Gasteiger partial charge in [-0.1, -0.05) is 30.3 Å². The zero-order chi connectivity index (χ0) is 16.4. The maximum absolute atomic E-state index is 12.3. The van der Waals surface area contributed by atoms with Gasteiger partial charge in [0.15, 0.2) is 0 Å². The van der Waals surface area contributed by atoms with Gasteiger partial charge in [0.25, 0.3) is 11.8 Å². The molecule has 0 aliphatic heterocycles. The summed E-state index contributed by atoms with van der Waals surface area (Å²) < 4.78 is 5.12. The molecule has 0 radical (unpaired) electrons. The molecule has 2 amide bonds. The van der Waals surface area contributed by atoms with Gasteiger partial charge >= 0.3 is 5.63 Å². The van der Waals surface area contributed by atoms with Crippen LogP contribution in [0.15, 0.2) is 63.8 Å². The predicted octanol–water partition coefficient (Wildman–Crippen LogP) is 2.14. The number of amides is 2. The van der Waals surface area contributed by atoms with Gasteiger partial charge in [-0.25, -0.2) is 4.79 Å². The molecule has 0 aliphatic rings. The molecule has 2 aromatic carbocycles. The molecular formula is C17H12N2O4. The van der Waals surface area contributed by atoms with E-state index < -0.39 is 17.4 Å². The van der Waals surface area contributed by atoms with Crippen LogP contribution in [-0.4, -0.2) is 11.8 Å². The van der Waals surface area contributed by atoms with Crippen LogP contribution >= 0.6 is 0 Å². The van der Waals surface area contributed by atoms with Crippen LogP contribution in [0.3, 0.4) is 0 Å². The SMILES string of the molecule is NC(=O)c1ccccc1NC(=O)c1cc2ccccc2oc1=O. The third kappa shape index (κ3) is 2.82. The number of nitrogens with one attached hydrogen (secondary N) is 1. The van der Waals surface area contributed by atoms with Crippen LogP contribution in [0.5, 0.6) is 0 Å². The van der Waals surface area contributed by atoms with Crippen molar-refractivity contribution in [2.45, 2.75) is 0 Å². The third-order valence-corrected chi connectivity index (χ3v) is 3.33. The van der Waals surface area contributed by atoms with Crippen LogP contribution in [0.1, 0.15) is 20.7 Å². The third-order valence-electron chi connectivity index (χ3n) is 3.33. The van der Waals surface area contributed by atoms with Crippen molar-refractivity contribution < 1.29 is 14.0 Å². The molecule has 114 valence electrons. The van der Waals surface area contributed by atoms with Crippen LogP contribution in [-0.2, 0) is 0 Å². The van der Waals surface area contributed by atoms with Crippen molar-refractivity contribution in [3.8, 4) is 0 Å². The molecule has 3 N–H and O–H groups in total. The number of fused-ring (bicyclic) bond motifs is 1. The Labute approximate surface area is 130 Å². The topological polar surface area (TPSA) is 102 Å². The van der Waals surface area contributed by atoms with Gasteiger partial charge in [0.2, 0.25) is 0 Å². The first-order chi connectivity index (χ1) is 11.1. The Bertz CT molecular complexity index is 975. The molecule has 0 saturated heterocycles. The molecule has 0 saturated carbocycles. The number of hydrogen-bond donors (Lipinski definition) is 2. The summed E-state index contributed by atoms with van der Waals surface area (Å²) in [6, 6.07) is 14.6. The van der Waals surface area contributed by atoms with E-state index in [-0.39, 0.29) is 16.8 Å². The highest BCUT2D eigenvalue weighted by molar-refractivity contribution is 6.09. The monoisotopic (exact) mass is 308 g/mol. The number of rotatable bonds is 3. The van der Waals surface area contributed by atoms with E-state index in [9.17, 15) is 14.4 Å². The van der Waals surface area contributed by atoms with E-state index in [0.717, 1.165) is 0 Å². The van der Waals surface area contributed by atoms with Gasteiger partial charge < -0.3 is 15.5 Å². The number of primary amides is 1. The average molecular weight is 308 g/mol. The Morgan fingerprint density at radius 3 is 2.43 bits per heavy atom. The standard InChI is InChI=1S/C17H12N2O4/c18-15(20)11-6-2-3-7-13(11)19-16(21)12-9-10-5-1-4-8-14(10)23-17(12)22/h1-9H,(H2,18,20)(H,19,21). The van der Waals surface area contributed by atoms with E-state index in [0.29, 0.717) is 11.0 Å².